The van der Waals surface area contributed by atoms with Gasteiger partial charge in [-0.1, -0.05) is 30.0 Å². The van der Waals surface area contributed by atoms with E-state index in [9.17, 15) is 9.59 Å². The van der Waals surface area contributed by atoms with Gasteiger partial charge in [0.05, 0.1) is 14.2 Å². The van der Waals surface area contributed by atoms with E-state index in [0.29, 0.717) is 33.6 Å². The molecular weight excluding hydrogens is 452 g/mol. The zero-order valence-corrected chi connectivity index (χ0v) is 19.3. The van der Waals surface area contributed by atoms with E-state index in [2.05, 4.69) is 20.8 Å². The maximum atomic E-state index is 12.5. The lowest BCUT2D eigenvalue weighted by Crippen LogP contribution is -2.20. The molecule has 3 rings (SSSR count). The van der Waals surface area contributed by atoms with Crippen molar-refractivity contribution in [1.29, 1.82) is 0 Å². The van der Waals surface area contributed by atoms with E-state index in [1.807, 2.05) is 6.92 Å². The van der Waals surface area contributed by atoms with Crippen molar-refractivity contribution < 1.29 is 23.8 Å². The number of anilines is 2. The predicted molar refractivity (Wildman–Crippen MR) is 124 cm³/mol. The van der Waals surface area contributed by atoms with Crippen LogP contribution in [0.3, 0.4) is 0 Å². The first kappa shape index (κ1) is 23.4. The molecule has 0 radical (unpaired) electrons. The van der Waals surface area contributed by atoms with Gasteiger partial charge in [-0.05, 0) is 48.2 Å². The van der Waals surface area contributed by atoms with Crippen molar-refractivity contribution in [2.75, 3.05) is 37.2 Å². The fourth-order valence-corrected chi connectivity index (χ4v) is 4.20. The summed E-state index contributed by atoms with van der Waals surface area (Å²) in [5.74, 6) is 1.55. The summed E-state index contributed by atoms with van der Waals surface area (Å²) in [6.45, 7) is 1.79. The summed E-state index contributed by atoms with van der Waals surface area (Å²) >= 11 is 2.86. The highest BCUT2D eigenvalue weighted by Gasteiger charge is 2.15. The van der Waals surface area contributed by atoms with Crippen molar-refractivity contribution in [2.24, 2.45) is 0 Å². The molecule has 2 N–H and O–H groups in total. The van der Waals surface area contributed by atoms with E-state index in [1.54, 1.807) is 55.3 Å². The minimum Gasteiger partial charge on any atom is -0.497 e. The molecular formula is C21H22N4O5S2. The molecule has 0 unspecified atom stereocenters. The minimum atomic E-state index is -0.351. The molecule has 0 aliphatic heterocycles. The van der Waals surface area contributed by atoms with Gasteiger partial charge in [0, 0.05) is 11.3 Å². The van der Waals surface area contributed by atoms with Crippen LogP contribution in [0.5, 0.6) is 17.2 Å². The molecule has 0 aliphatic rings. The molecule has 0 atom stereocenters. The number of carbonyl (C=O) groups excluding carboxylic acids is 2. The van der Waals surface area contributed by atoms with Crippen LogP contribution < -0.4 is 24.8 Å². The van der Waals surface area contributed by atoms with Crippen LogP contribution in [0.15, 0.2) is 46.8 Å². The Morgan fingerprint density at radius 3 is 2.47 bits per heavy atom. The van der Waals surface area contributed by atoms with Crippen molar-refractivity contribution in [3.63, 3.8) is 0 Å². The first-order chi connectivity index (χ1) is 15.5. The zero-order valence-electron chi connectivity index (χ0n) is 17.7. The van der Waals surface area contributed by atoms with Gasteiger partial charge in [0.1, 0.15) is 5.75 Å². The number of amides is 2. The third-order valence-corrected chi connectivity index (χ3v) is 5.91. The molecule has 0 fully saturated rings. The molecule has 0 saturated heterocycles. The molecule has 1 aromatic heterocycles. The second-order valence-electron chi connectivity index (χ2n) is 6.19. The number of hydrogen-bond acceptors (Lipinski definition) is 9. The van der Waals surface area contributed by atoms with Crippen LogP contribution in [-0.2, 0) is 4.79 Å². The van der Waals surface area contributed by atoms with Gasteiger partial charge in [0.25, 0.3) is 11.8 Å². The van der Waals surface area contributed by atoms with E-state index in [4.69, 9.17) is 14.2 Å². The van der Waals surface area contributed by atoms with Crippen LogP contribution >= 0.6 is 23.1 Å². The molecule has 2 amide bonds. The number of aromatic nitrogens is 2. The van der Waals surface area contributed by atoms with Crippen LogP contribution in [0.4, 0.5) is 10.8 Å². The summed E-state index contributed by atoms with van der Waals surface area (Å²) in [6.07, 6.45) is 0. The van der Waals surface area contributed by atoms with E-state index < -0.39 is 0 Å². The largest absolute Gasteiger partial charge is 0.497 e. The molecule has 0 bridgehead atoms. The number of nitrogens with zero attached hydrogens (tertiary/aromatic N) is 2. The summed E-state index contributed by atoms with van der Waals surface area (Å²) in [6, 6.07) is 11.6. The quantitative estimate of drug-likeness (QED) is 0.336. The van der Waals surface area contributed by atoms with E-state index in [1.165, 1.54) is 24.5 Å². The Labute approximate surface area is 193 Å². The number of hydrogen-bond donors (Lipinski definition) is 2. The van der Waals surface area contributed by atoms with E-state index in [-0.39, 0.29) is 18.4 Å². The third-order valence-electron chi connectivity index (χ3n) is 4.05. The van der Waals surface area contributed by atoms with E-state index >= 15 is 0 Å². The Balaban J connectivity index is 1.58. The van der Waals surface area contributed by atoms with Crippen LogP contribution in [-0.4, -0.2) is 48.6 Å². The molecule has 0 aliphatic carbocycles. The van der Waals surface area contributed by atoms with Crippen LogP contribution in [0, 0.1) is 0 Å². The van der Waals surface area contributed by atoms with Gasteiger partial charge in [-0.3, -0.25) is 14.9 Å². The van der Waals surface area contributed by atoms with Crippen molar-refractivity contribution in [3.05, 3.63) is 48.0 Å². The second kappa shape index (κ2) is 11.3. The standard InChI is InChI=1S/C21H22N4O5S2/c1-4-31-21-25-24-20(32-21)23-19(27)13-5-10-16(17(11-13)29-3)30-12-18(26)22-14-6-8-15(28-2)9-7-14/h5-11H,4,12H2,1-3H3,(H,22,26)(H,23,24,27). The molecule has 168 valence electrons. The minimum absolute atomic E-state index is 0.226. The molecule has 2 aromatic carbocycles. The maximum absolute atomic E-state index is 12.5. The summed E-state index contributed by atoms with van der Waals surface area (Å²) in [7, 11) is 3.03. The number of carbonyl (C=O) groups is 2. The number of rotatable bonds is 10. The second-order valence-corrected chi connectivity index (χ2v) is 8.68. The van der Waals surface area contributed by atoms with Gasteiger partial charge in [-0.25, -0.2) is 0 Å². The van der Waals surface area contributed by atoms with Crippen LogP contribution in [0.2, 0.25) is 0 Å². The number of benzene rings is 2. The highest BCUT2D eigenvalue weighted by atomic mass is 32.2. The molecule has 1 heterocycles. The smallest absolute Gasteiger partial charge is 0.262 e. The lowest BCUT2D eigenvalue weighted by Gasteiger charge is -2.12. The maximum Gasteiger partial charge on any atom is 0.262 e. The molecule has 9 nitrogen and oxygen atoms in total. The van der Waals surface area contributed by atoms with Crippen molar-refractivity contribution in [3.8, 4) is 17.2 Å². The first-order valence-electron chi connectivity index (χ1n) is 9.54. The summed E-state index contributed by atoms with van der Waals surface area (Å²) < 4.78 is 16.8. The molecule has 32 heavy (non-hydrogen) atoms. The highest BCUT2D eigenvalue weighted by molar-refractivity contribution is 8.01. The summed E-state index contributed by atoms with van der Waals surface area (Å²) in [4.78, 5) is 24.7. The van der Waals surface area contributed by atoms with Gasteiger partial charge in [-0.15, -0.1) is 10.2 Å². The Hall–Kier alpha value is -3.31. The number of methoxy groups -OCH3 is 2. The fraction of sp³-hybridized carbons (Fsp3) is 0.238. The lowest BCUT2D eigenvalue weighted by atomic mass is 10.2. The van der Waals surface area contributed by atoms with Gasteiger partial charge in [0.2, 0.25) is 5.13 Å². The lowest BCUT2D eigenvalue weighted by molar-refractivity contribution is -0.118. The number of ether oxygens (including phenoxy) is 3. The van der Waals surface area contributed by atoms with Crippen LogP contribution in [0.25, 0.3) is 0 Å². The first-order valence-corrected chi connectivity index (χ1v) is 11.3. The number of thioether (sulfide) groups is 1. The van der Waals surface area contributed by atoms with Crippen molar-refractivity contribution in [2.45, 2.75) is 11.3 Å². The monoisotopic (exact) mass is 474 g/mol. The van der Waals surface area contributed by atoms with Crippen LogP contribution in [0.1, 0.15) is 17.3 Å². The van der Waals surface area contributed by atoms with Crippen molar-refractivity contribution >= 4 is 45.7 Å². The summed E-state index contributed by atoms with van der Waals surface area (Å²) in [5.41, 5.74) is 0.979. The van der Waals surface area contributed by atoms with Gasteiger partial charge in [0.15, 0.2) is 22.4 Å². The third kappa shape index (κ3) is 6.34. The van der Waals surface area contributed by atoms with Gasteiger partial charge in [-0.2, -0.15) is 0 Å². The fourth-order valence-electron chi connectivity index (χ4n) is 2.55. The zero-order chi connectivity index (χ0) is 22.9. The summed E-state index contributed by atoms with van der Waals surface area (Å²) in [5, 5.41) is 13.8. The SMILES string of the molecule is CCSc1nnc(NC(=O)c2ccc(OCC(=O)Nc3ccc(OC)cc3)c(OC)c2)s1. The Morgan fingerprint density at radius 1 is 1.00 bits per heavy atom. The average molecular weight is 475 g/mol. The molecule has 11 heteroatoms. The molecule has 0 saturated carbocycles. The topological polar surface area (TPSA) is 112 Å². The highest BCUT2D eigenvalue weighted by Crippen LogP contribution is 2.29. The average Bonchev–Trinajstić information content (AvgIpc) is 3.25. The Morgan fingerprint density at radius 2 is 1.78 bits per heavy atom. The number of nitrogens with one attached hydrogen (secondary N) is 2. The van der Waals surface area contributed by atoms with Crippen molar-refractivity contribution in [1.82, 2.24) is 10.2 Å². The molecule has 0 spiro atoms. The van der Waals surface area contributed by atoms with Gasteiger partial charge >= 0.3 is 0 Å². The normalized spacial score (nSPS) is 10.3. The predicted octanol–water partition coefficient (Wildman–Crippen LogP) is 3.94. The Bertz CT molecular complexity index is 1070. The molecule has 3 aromatic rings. The van der Waals surface area contributed by atoms with E-state index in [0.717, 1.165) is 10.1 Å². The Kier molecular flexibility index (Phi) is 8.28. The van der Waals surface area contributed by atoms with Gasteiger partial charge < -0.3 is 19.5 Å².